The summed E-state index contributed by atoms with van der Waals surface area (Å²) in [5.74, 6) is -1.11. The van der Waals surface area contributed by atoms with E-state index in [1.54, 1.807) is 38.3 Å². The molecule has 2 amide bonds. The number of carbonyl (C=O) groups excluding carboxylic acids is 1. The van der Waals surface area contributed by atoms with Crippen molar-refractivity contribution in [2.45, 2.75) is 32.4 Å². The molecule has 0 saturated heterocycles. The van der Waals surface area contributed by atoms with Gasteiger partial charge in [0.2, 0.25) is 0 Å². The number of hydrogen-bond acceptors (Lipinski definition) is 4. The minimum absolute atomic E-state index is 0.131. The van der Waals surface area contributed by atoms with Crippen LogP contribution < -0.4 is 5.32 Å². The van der Waals surface area contributed by atoms with Crippen molar-refractivity contribution in [3.63, 3.8) is 0 Å². The summed E-state index contributed by atoms with van der Waals surface area (Å²) in [4.78, 5) is 25.3. The van der Waals surface area contributed by atoms with Crippen molar-refractivity contribution in [3.05, 3.63) is 22.4 Å². The van der Waals surface area contributed by atoms with Gasteiger partial charge in [-0.1, -0.05) is 6.07 Å². The number of amides is 2. The molecular weight excluding hydrogens is 280 g/mol. The van der Waals surface area contributed by atoms with Gasteiger partial charge in [0.15, 0.2) is 6.04 Å². The fourth-order valence-corrected chi connectivity index (χ4v) is 2.49. The molecule has 3 N–H and O–H groups in total. The lowest BCUT2D eigenvalue weighted by molar-refractivity contribution is -0.139. The average molecular weight is 300 g/mol. The SMILES string of the molecule is CCN(CC(C)(C)O)C(=O)NC(C(=O)O)c1cccs1. The number of nitrogens with one attached hydrogen (secondary N) is 1. The van der Waals surface area contributed by atoms with Gasteiger partial charge >= 0.3 is 12.0 Å². The molecule has 1 unspecified atom stereocenters. The summed E-state index contributed by atoms with van der Waals surface area (Å²) >= 11 is 1.27. The Morgan fingerprint density at radius 1 is 1.50 bits per heavy atom. The van der Waals surface area contributed by atoms with E-state index in [2.05, 4.69) is 5.32 Å². The van der Waals surface area contributed by atoms with Crippen molar-refractivity contribution in [2.75, 3.05) is 13.1 Å². The molecule has 7 heteroatoms. The van der Waals surface area contributed by atoms with Crippen LogP contribution >= 0.6 is 11.3 Å². The quantitative estimate of drug-likeness (QED) is 0.745. The molecule has 0 aliphatic carbocycles. The molecule has 1 atom stereocenters. The van der Waals surface area contributed by atoms with Crippen LogP contribution in [-0.2, 0) is 4.79 Å². The third-order valence-corrected chi connectivity index (χ3v) is 3.53. The van der Waals surface area contributed by atoms with E-state index in [-0.39, 0.29) is 6.54 Å². The van der Waals surface area contributed by atoms with Gasteiger partial charge in [-0.15, -0.1) is 11.3 Å². The third-order valence-electron chi connectivity index (χ3n) is 2.59. The van der Waals surface area contributed by atoms with Crippen molar-refractivity contribution in [1.82, 2.24) is 10.2 Å². The molecule has 1 rings (SSSR count). The number of carboxylic acids is 1. The fourth-order valence-electron chi connectivity index (χ4n) is 1.72. The van der Waals surface area contributed by atoms with Gasteiger partial charge < -0.3 is 20.4 Å². The Labute approximate surface area is 122 Å². The first-order chi connectivity index (χ1) is 9.24. The highest BCUT2D eigenvalue weighted by molar-refractivity contribution is 7.10. The molecule has 0 saturated carbocycles. The van der Waals surface area contributed by atoms with Crippen LogP contribution in [-0.4, -0.2) is 45.8 Å². The summed E-state index contributed by atoms with van der Waals surface area (Å²) in [5.41, 5.74) is -1.03. The number of carbonyl (C=O) groups is 2. The molecule has 0 aliphatic rings. The summed E-state index contributed by atoms with van der Waals surface area (Å²) in [6, 6.07) is 1.82. The van der Waals surface area contributed by atoms with E-state index < -0.39 is 23.6 Å². The highest BCUT2D eigenvalue weighted by Crippen LogP contribution is 2.19. The monoisotopic (exact) mass is 300 g/mol. The predicted molar refractivity (Wildman–Crippen MR) is 76.8 cm³/mol. The van der Waals surface area contributed by atoms with Crippen LogP contribution in [0.2, 0.25) is 0 Å². The largest absolute Gasteiger partial charge is 0.479 e. The van der Waals surface area contributed by atoms with E-state index in [4.69, 9.17) is 0 Å². The normalized spacial score (nSPS) is 12.8. The molecule has 0 aliphatic heterocycles. The van der Waals surface area contributed by atoms with Crippen LogP contribution in [0.4, 0.5) is 4.79 Å². The van der Waals surface area contributed by atoms with E-state index in [9.17, 15) is 19.8 Å². The summed E-state index contributed by atoms with van der Waals surface area (Å²) < 4.78 is 0. The maximum absolute atomic E-state index is 12.1. The van der Waals surface area contributed by atoms with Gasteiger partial charge in [-0.3, -0.25) is 0 Å². The van der Waals surface area contributed by atoms with Gasteiger partial charge in [-0.25, -0.2) is 9.59 Å². The Morgan fingerprint density at radius 2 is 2.15 bits per heavy atom. The van der Waals surface area contributed by atoms with E-state index in [1.165, 1.54) is 16.2 Å². The Kier molecular flexibility index (Phi) is 5.52. The summed E-state index contributed by atoms with van der Waals surface area (Å²) in [6.07, 6.45) is 0. The first-order valence-corrected chi connectivity index (χ1v) is 7.16. The molecule has 0 spiro atoms. The van der Waals surface area contributed by atoms with E-state index in [1.807, 2.05) is 0 Å². The van der Waals surface area contributed by atoms with Gasteiger partial charge in [0.05, 0.1) is 12.1 Å². The number of aliphatic carboxylic acids is 1. The standard InChI is InChI=1S/C13H20N2O4S/c1-4-15(8-13(2,3)19)12(18)14-10(11(16)17)9-6-5-7-20-9/h5-7,10,19H,4,8H2,1-3H3,(H,14,18)(H,16,17). The van der Waals surface area contributed by atoms with Gasteiger partial charge in [0.1, 0.15) is 0 Å². The molecule has 0 bridgehead atoms. The zero-order valence-electron chi connectivity index (χ0n) is 11.8. The number of aliphatic hydroxyl groups is 1. The summed E-state index contributed by atoms with van der Waals surface area (Å²) in [6.45, 7) is 5.47. The highest BCUT2D eigenvalue weighted by Gasteiger charge is 2.27. The molecular formula is C13H20N2O4S. The number of urea groups is 1. The number of thiophene rings is 1. The van der Waals surface area contributed by atoms with Gasteiger partial charge in [0.25, 0.3) is 0 Å². The number of likely N-dealkylation sites (N-methyl/N-ethyl adjacent to an activating group) is 1. The number of hydrogen-bond donors (Lipinski definition) is 3. The lowest BCUT2D eigenvalue weighted by atomic mass is 10.1. The fraction of sp³-hybridized carbons (Fsp3) is 0.538. The van der Waals surface area contributed by atoms with Gasteiger partial charge in [0, 0.05) is 11.4 Å². The molecule has 1 aromatic rings. The highest BCUT2D eigenvalue weighted by atomic mass is 32.1. The third kappa shape index (κ3) is 4.82. The number of nitrogens with zero attached hydrogens (tertiary/aromatic N) is 1. The number of carboxylic acid groups (broad SMARTS) is 1. The molecule has 0 fully saturated rings. The molecule has 0 aromatic carbocycles. The zero-order valence-corrected chi connectivity index (χ0v) is 12.6. The zero-order chi connectivity index (χ0) is 15.3. The molecule has 6 nitrogen and oxygen atoms in total. The lowest BCUT2D eigenvalue weighted by Crippen LogP contribution is -2.48. The van der Waals surface area contributed by atoms with Crippen molar-refractivity contribution in [3.8, 4) is 0 Å². The smallest absolute Gasteiger partial charge is 0.331 e. The molecule has 20 heavy (non-hydrogen) atoms. The summed E-state index contributed by atoms with van der Waals surface area (Å²) in [7, 11) is 0. The van der Waals surface area contributed by atoms with Crippen LogP contribution in [0.25, 0.3) is 0 Å². The van der Waals surface area contributed by atoms with Crippen LogP contribution in [0.1, 0.15) is 31.7 Å². The van der Waals surface area contributed by atoms with Crippen molar-refractivity contribution < 1.29 is 19.8 Å². The second kappa shape index (κ2) is 6.71. The van der Waals surface area contributed by atoms with Crippen molar-refractivity contribution >= 4 is 23.3 Å². The Hall–Kier alpha value is -1.60. The Morgan fingerprint density at radius 3 is 2.55 bits per heavy atom. The van der Waals surface area contributed by atoms with Crippen LogP contribution in [0, 0.1) is 0 Å². The van der Waals surface area contributed by atoms with E-state index in [0.29, 0.717) is 11.4 Å². The second-order valence-electron chi connectivity index (χ2n) is 5.06. The maximum atomic E-state index is 12.1. The maximum Gasteiger partial charge on any atom is 0.331 e. The Bertz CT molecular complexity index is 453. The molecule has 0 radical (unpaired) electrons. The van der Waals surface area contributed by atoms with Crippen molar-refractivity contribution in [1.29, 1.82) is 0 Å². The first kappa shape index (κ1) is 16.5. The Balaban J connectivity index is 2.78. The molecule has 1 aromatic heterocycles. The predicted octanol–water partition coefficient (Wildman–Crippen LogP) is 1.68. The van der Waals surface area contributed by atoms with Crippen LogP contribution in [0.3, 0.4) is 0 Å². The van der Waals surface area contributed by atoms with E-state index in [0.717, 1.165) is 0 Å². The van der Waals surface area contributed by atoms with Crippen LogP contribution in [0.5, 0.6) is 0 Å². The summed E-state index contributed by atoms with van der Waals surface area (Å²) in [5, 5.41) is 23.2. The topological polar surface area (TPSA) is 89.9 Å². The second-order valence-corrected chi connectivity index (χ2v) is 6.04. The first-order valence-electron chi connectivity index (χ1n) is 6.28. The van der Waals surface area contributed by atoms with Gasteiger partial charge in [-0.2, -0.15) is 0 Å². The minimum Gasteiger partial charge on any atom is -0.479 e. The molecule has 112 valence electrons. The van der Waals surface area contributed by atoms with Crippen LogP contribution in [0.15, 0.2) is 17.5 Å². The number of rotatable bonds is 6. The minimum atomic E-state index is -1.11. The molecule has 1 heterocycles. The van der Waals surface area contributed by atoms with E-state index >= 15 is 0 Å². The van der Waals surface area contributed by atoms with Gasteiger partial charge in [-0.05, 0) is 32.2 Å². The van der Waals surface area contributed by atoms with Crippen molar-refractivity contribution in [2.24, 2.45) is 0 Å². The average Bonchev–Trinajstić information content (AvgIpc) is 2.84. The lowest BCUT2D eigenvalue weighted by Gasteiger charge is -2.29.